The zero-order chi connectivity index (χ0) is 12.3. The van der Waals surface area contributed by atoms with E-state index in [1.807, 2.05) is 11.8 Å². The number of para-hydroxylation sites is 1. The van der Waals surface area contributed by atoms with Crippen LogP contribution in [0.3, 0.4) is 0 Å². The molecule has 0 spiro atoms. The van der Waals surface area contributed by atoms with Crippen LogP contribution >= 0.6 is 11.8 Å². The molecule has 2 nitrogen and oxygen atoms in total. The predicted octanol–water partition coefficient (Wildman–Crippen LogP) is 2.86. The maximum atomic E-state index is 3.49. The van der Waals surface area contributed by atoms with Crippen LogP contribution in [0.5, 0.6) is 0 Å². The summed E-state index contributed by atoms with van der Waals surface area (Å²) in [5.41, 5.74) is 1.30. The number of rotatable bonds is 9. The highest BCUT2D eigenvalue weighted by atomic mass is 32.2. The van der Waals surface area contributed by atoms with E-state index in [1.54, 1.807) is 0 Å². The fourth-order valence-electron chi connectivity index (χ4n) is 1.72. The summed E-state index contributed by atoms with van der Waals surface area (Å²) in [6.07, 6.45) is 4.63. The van der Waals surface area contributed by atoms with Gasteiger partial charge in [-0.1, -0.05) is 18.2 Å². The molecule has 0 amide bonds. The third kappa shape index (κ3) is 6.59. The Morgan fingerprint density at radius 3 is 2.53 bits per heavy atom. The van der Waals surface area contributed by atoms with Gasteiger partial charge in [0.05, 0.1) is 0 Å². The van der Waals surface area contributed by atoms with Crippen LogP contribution < -0.4 is 10.2 Å². The highest BCUT2D eigenvalue weighted by molar-refractivity contribution is 7.98. The zero-order valence-corrected chi connectivity index (χ0v) is 11.8. The minimum atomic E-state index is 1.11. The Morgan fingerprint density at radius 2 is 1.82 bits per heavy atom. The summed E-state index contributed by atoms with van der Waals surface area (Å²) in [6, 6.07) is 10.6. The van der Waals surface area contributed by atoms with Crippen LogP contribution in [0.2, 0.25) is 0 Å². The van der Waals surface area contributed by atoms with Crippen LogP contribution in [-0.2, 0) is 0 Å². The van der Waals surface area contributed by atoms with Crippen molar-refractivity contribution in [2.45, 2.75) is 12.8 Å². The Hall–Kier alpha value is -0.670. The van der Waals surface area contributed by atoms with Gasteiger partial charge in [-0.05, 0) is 50.1 Å². The van der Waals surface area contributed by atoms with Gasteiger partial charge < -0.3 is 10.2 Å². The molecule has 1 N–H and O–H groups in total. The van der Waals surface area contributed by atoms with Crippen molar-refractivity contribution in [2.75, 3.05) is 43.6 Å². The lowest BCUT2D eigenvalue weighted by atomic mass is 10.3. The van der Waals surface area contributed by atoms with E-state index in [0.717, 1.165) is 19.6 Å². The van der Waals surface area contributed by atoms with Gasteiger partial charge >= 0.3 is 0 Å². The molecule has 0 saturated carbocycles. The van der Waals surface area contributed by atoms with Crippen LogP contribution in [0.4, 0.5) is 5.69 Å². The summed E-state index contributed by atoms with van der Waals surface area (Å²) in [5, 5.41) is 3.49. The molecule has 0 atom stereocenters. The second-order valence-corrected chi connectivity index (χ2v) is 5.19. The number of anilines is 1. The molecule has 0 saturated heterocycles. The topological polar surface area (TPSA) is 15.3 Å². The first kappa shape index (κ1) is 14.4. The fourth-order valence-corrected chi connectivity index (χ4v) is 2.15. The molecule has 17 heavy (non-hydrogen) atoms. The first-order valence-corrected chi connectivity index (χ1v) is 7.70. The quantitative estimate of drug-likeness (QED) is 0.680. The van der Waals surface area contributed by atoms with E-state index in [2.05, 4.69) is 53.9 Å². The Balaban J connectivity index is 2.03. The first-order valence-electron chi connectivity index (χ1n) is 6.30. The third-order valence-corrected chi connectivity index (χ3v) is 3.44. The second kappa shape index (κ2) is 9.37. The molecule has 0 unspecified atom stereocenters. The first-order chi connectivity index (χ1) is 8.34. The fraction of sp³-hybridized carbons (Fsp3) is 0.571. The SMILES string of the molecule is CSCCCNCCCN(C)c1ccccc1. The highest BCUT2D eigenvalue weighted by Crippen LogP contribution is 2.10. The van der Waals surface area contributed by atoms with Gasteiger partial charge in [-0.25, -0.2) is 0 Å². The number of hydrogen-bond acceptors (Lipinski definition) is 3. The zero-order valence-electron chi connectivity index (χ0n) is 11.0. The van der Waals surface area contributed by atoms with Crippen molar-refractivity contribution in [3.8, 4) is 0 Å². The van der Waals surface area contributed by atoms with Crippen molar-refractivity contribution < 1.29 is 0 Å². The number of benzene rings is 1. The van der Waals surface area contributed by atoms with E-state index >= 15 is 0 Å². The molecule has 0 aliphatic rings. The number of nitrogens with one attached hydrogen (secondary N) is 1. The predicted molar refractivity (Wildman–Crippen MR) is 80.2 cm³/mol. The number of hydrogen-bond donors (Lipinski definition) is 1. The van der Waals surface area contributed by atoms with Gasteiger partial charge in [-0.3, -0.25) is 0 Å². The van der Waals surface area contributed by atoms with Gasteiger partial charge in [-0.15, -0.1) is 0 Å². The number of thioether (sulfide) groups is 1. The molecular formula is C14H24N2S. The van der Waals surface area contributed by atoms with Crippen LogP contribution in [0.25, 0.3) is 0 Å². The molecule has 0 aliphatic carbocycles. The van der Waals surface area contributed by atoms with Crippen molar-refractivity contribution >= 4 is 17.4 Å². The van der Waals surface area contributed by atoms with Crippen molar-refractivity contribution in [1.82, 2.24) is 5.32 Å². The molecule has 0 aliphatic heterocycles. The van der Waals surface area contributed by atoms with Gasteiger partial charge in [0, 0.05) is 19.3 Å². The maximum absolute atomic E-state index is 3.49. The van der Waals surface area contributed by atoms with E-state index in [0.29, 0.717) is 0 Å². The van der Waals surface area contributed by atoms with Crippen molar-refractivity contribution in [3.63, 3.8) is 0 Å². The van der Waals surface area contributed by atoms with E-state index < -0.39 is 0 Å². The summed E-state index contributed by atoms with van der Waals surface area (Å²) < 4.78 is 0. The minimum Gasteiger partial charge on any atom is -0.375 e. The molecule has 0 fully saturated rings. The molecule has 1 rings (SSSR count). The normalized spacial score (nSPS) is 10.5. The molecule has 96 valence electrons. The van der Waals surface area contributed by atoms with E-state index in [1.165, 1.54) is 24.3 Å². The average Bonchev–Trinajstić information content (AvgIpc) is 2.38. The standard InChI is InChI=1S/C14H24N2S/c1-16(14-8-4-3-5-9-14)12-6-10-15-11-7-13-17-2/h3-5,8-9,15H,6-7,10-13H2,1-2H3. The molecular weight excluding hydrogens is 228 g/mol. The summed E-state index contributed by atoms with van der Waals surface area (Å²) in [6.45, 7) is 3.38. The molecule has 0 bridgehead atoms. The molecule has 0 radical (unpaired) electrons. The van der Waals surface area contributed by atoms with Crippen LogP contribution in [0, 0.1) is 0 Å². The number of nitrogens with zero attached hydrogens (tertiary/aromatic N) is 1. The summed E-state index contributed by atoms with van der Waals surface area (Å²) in [7, 11) is 2.16. The molecule has 0 aromatic heterocycles. The summed E-state index contributed by atoms with van der Waals surface area (Å²) in [4.78, 5) is 2.31. The van der Waals surface area contributed by atoms with E-state index in [4.69, 9.17) is 0 Å². The van der Waals surface area contributed by atoms with Gasteiger partial charge in [0.25, 0.3) is 0 Å². The van der Waals surface area contributed by atoms with Gasteiger partial charge in [0.1, 0.15) is 0 Å². The van der Waals surface area contributed by atoms with Crippen molar-refractivity contribution in [1.29, 1.82) is 0 Å². The summed E-state index contributed by atoms with van der Waals surface area (Å²) >= 11 is 1.92. The smallest absolute Gasteiger partial charge is 0.0363 e. The maximum Gasteiger partial charge on any atom is 0.0363 e. The third-order valence-electron chi connectivity index (χ3n) is 2.75. The lowest BCUT2D eigenvalue weighted by Crippen LogP contribution is -2.24. The average molecular weight is 252 g/mol. The lowest BCUT2D eigenvalue weighted by Gasteiger charge is -2.19. The molecule has 3 heteroatoms. The van der Waals surface area contributed by atoms with Gasteiger partial charge in [-0.2, -0.15) is 11.8 Å². The Kier molecular flexibility index (Phi) is 7.93. The largest absolute Gasteiger partial charge is 0.375 e. The molecule has 0 heterocycles. The minimum absolute atomic E-state index is 1.11. The van der Waals surface area contributed by atoms with Crippen LogP contribution in [0.1, 0.15) is 12.8 Å². The Bertz CT molecular complexity index is 277. The van der Waals surface area contributed by atoms with Gasteiger partial charge in [0.15, 0.2) is 0 Å². The summed E-state index contributed by atoms with van der Waals surface area (Å²) in [5.74, 6) is 1.26. The van der Waals surface area contributed by atoms with Gasteiger partial charge in [0.2, 0.25) is 0 Å². The highest BCUT2D eigenvalue weighted by Gasteiger charge is 1.98. The van der Waals surface area contributed by atoms with E-state index in [-0.39, 0.29) is 0 Å². The molecule has 1 aromatic rings. The lowest BCUT2D eigenvalue weighted by molar-refractivity contribution is 0.639. The van der Waals surface area contributed by atoms with Crippen molar-refractivity contribution in [2.24, 2.45) is 0 Å². The monoisotopic (exact) mass is 252 g/mol. The van der Waals surface area contributed by atoms with E-state index in [9.17, 15) is 0 Å². The van der Waals surface area contributed by atoms with Crippen LogP contribution in [0.15, 0.2) is 30.3 Å². The second-order valence-electron chi connectivity index (χ2n) is 4.21. The van der Waals surface area contributed by atoms with Crippen molar-refractivity contribution in [3.05, 3.63) is 30.3 Å². The van der Waals surface area contributed by atoms with Crippen LogP contribution in [-0.4, -0.2) is 38.7 Å². The molecule has 1 aromatic carbocycles. The Morgan fingerprint density at radius 1 is 1.12 bits per heavy atom. The Labute approximate surface area is 110 Å².